The molecule has 3 atom stereocenters. The van der Waals surface area contributed by atoms with Gasteiger partial charge in [0.25, 0.3) is 0 Å². The van der Waals surface area contributed by atoms with Crippen LogP contribution in [0.25, 0.3) is 0 Å². The highest BCUT2D eigenvalue weighted by Gasteiger charge is 2.37. The molecule has 0 aliphatic heterocycles. The number of ketones is 1. The number of amides is 3. The lowest BCUT2D eigenvalue weighted by Gasteiger charge is -2.31. The van der Waals surface area contributed by atoms with Crippen molar-refractivity contribution < 1.29 is 72.2 Å². The second kappa shape index (κ2) is 24.9. The Hall–Kier alpha value is -4.19. The first-order valence-corrected chi connectivity index (χ1v) is 20.8. The summed E-state index contributed by atoms with van der Waals surface area (Å²) < 4.78 is 29.7. The molecule has 0 aromatic heterocycles. The van der Waals surface area contributed by atoms with E-state index < -0.39 is 71.1 Å². The van der Waals surface area contributed by atoms with Gasteiger partial charge in [0.1, 0.15) is 40.7 Å². The Labute approximate surface area is 355 Å². The van der Waals surface area contributed by atoms with Crippen molar-refractivity contribution in [2.75, 3.05) is 21.3 Å². The predicted molar refractivity (Wildman–Crippen MR) is 218 cm³/mol. The van der Waals surface area contributed by atoms with E-state index in [1.807, 2.05) is 0 Å². The third-order valence-electron chi connectivity index (χ3n) is 9.87. The van der Waals surface area contributed by atoms with Gasteiger partial charge in [-0.2, -0.15) is 0 Å². The van der Waals surface area contributed by atoms with Crippen LogP contribution in [0.5, 0.6) is 0 Å². The number of ether oxygens (including phenoxy) is 6. The fourth-order valence-corrected chi connectivity index (χ4v) is 6.96. The van der Waals surface area contributed by atoms with E-state index in [1.165, 1.54) is 21.3 Å². The number of rotatable bonds is 9. The highest BCUT2D eigenvalue weighted by Crippen LogP contribution is 2.29. The van der Waals surface area contributed by atoms with Gasteiger partial charge in [-0.15, -0.1) is 0 Å². The molecule has 3 amide bonds. The molecular weight excluding hydrogens is 786 g/mol. The number of methoxy groups -OCH3 is 3. The number of alkyl carbamates (subject to hydrolysis) is 3. The van der Waals surface area contributed by atoms with Gasteiger partial charge in [-0.1, -0.05) is 0 Å². The topological polar surface area (TPSA) is 251 Å². The van der Waals surface area contributed by atoms with Gasteiger partial charge in [-0.05, 0) is 144 Å². The highest BCUT2D eigenvalue weighted by atomic mass is 16.6. The molecule has 346 valence electrons. The van der Waals surface area contributed by atoms with Crippen molar-refractivity contribution in [1.82, 2.24) is 16.0 Å². The zero-order valence-corrected chi connectivity index (χ0v) is 37.8. The summed E-state index contributed by atoms with van der Waals surface area (Å²) >= 11 is 0. The maximum absolute atomic E-state index is 11.8. The van der Waals surface area contributed by atoms with Gasteiger partial charge >= 0.3 is 36.2 Å². The molecule has 0 saturated heterocycles. The first kappa shape index (κ1) is 53.8. The average molecular weight is 860 g/mol. The van der Waals surface area contributed by atoms with Crippen LogP contribution < -0.4 is 16.0 Å². The van der Waals surface area contributed by atoms with E-state index >= 15 is 0 Å². The van der Waals surface area contributed by atoms with Gasteiger partial charge in [0.05, 0.1) is 33.5 Å². The lowest BCUT2D eigenvalue weighted by Crippen LogP contribution is -2.49. The molecule has 0 unspecified atom stereocenters. The predicted octanol–water partition coefficient (Wildman–Crippen LogP) is 5.02. The minimum absolute atomic E-state index is 0.0293. The van der Waals surface area contributed by atoms with Gasteiger partial charge in [0.2, 0.25) is 0 Å². The number of Topliss-reactive ketones (excluding diaryl/α,β-unsaturated/α-hetero) is 1. The van der Waals surface area contributed by atoms with Crippen LogP contribution in [0.3, 0.4) is 0 Å². The lowest BCUT2D eigenvalue weighted by molar-refractivity contribution is -0.146. The molecule has 3 aliphatic rings. The molecule has 3 rings (SSSR count). The molecule has 60 heavy (non-hydrogen) atoms. The summed E-state index contributed by atoms with van der Waals surface area (Å²) in [5.41, 5.74) is -1.87. The third-order valence-corrected chi connectivity index (χ3v) is 9.87. The SMILES string of the molecule is COC(=O)[C@@H](NC(=O)OC(C)(C)C)C1CCC(=O)CC1.COC(=O)[C@@H](NC(=O)OC(C)(C)C)C1CCC(O)CC1.COC(=O)[C@@H](NC(=O)OC(C)(C)C)C1CCC(O)CC1. The molecule has 3 saturated carbocycles. The largest absolute Gasteiger partial charge is 0.467 e. The molecule has 0 heterocycles. The Morgan fingerprint density at radius 3 is 0.917 bits per heavy atom. The van der Waals surface area contributed by atoms with Crippen LogP contribution in [0.4, 0.5) is 14.4 Å². The minimum atomic E-state index is -0.761. The van der Waals surface area contributed by atoms with Gasteiger partial charge in [0, 0.05) is 12.8 Å². The zero-order valence-electron chi connectivity index (χ0n) is 37.8. The van der Waals surface area contributed by atoms with Gasteiger partial charge in [0.15, 0.2) is 0 Å². The Morgan fingerprint density at radius 2 is 0.700 bits per heavy atom. The minimum Gasteiger partial charge on any atom is -0.467 e. The number of hydrogen-bond donors (Lipinski definition) is 5. The fraction of sp³-hybridized carbons (Fsp3) is 0.833. The molecule has 0 aromatic carbocycles. The van der Waals surface area contributed by atoms with E-state index in [0.717, 1.165) is 0 Å². The third kappa shape index (κ3) is 21.9. The van der Waals surface area contributed by atoms with Crippen molar-refractivity contribution in [3.05, 3.63) is 0 Å². The number of nitrogens with one attached hydrogen (secondary N) is 3. The molecule has 3 aliphatic carbocycles. The first-order valence-electron chi connectivity index (χ1n) is 20.8. The van der Waals surface area contributed by atoms with Crippen LogP contribution in [-0.2, 0) is 47.6 Å². The standard InChI is InChI=1S/2C14H25NO5.C14H23NO5/c3*1-14(2,3)20-13(18)15-11(12(17)19-4)9-5-7-10(16)8-6-9/h2*9-11,16H,5-8H2,1-4H3,(H,15,18);9,11H,5-8H2,1-4H3,(H,15,18)/t2*9?,10?,11-;11-/m000/s1. The Balaban J connectivity index is 0.000000450. The van der Waals surface area contributed by atoms with Gasteiger partial charge < -0.3 is 54.6 Å². The number of aliphatic hydroxyl groups is 2. The number of hydrogen-bond acceptors (Lipinski definition) is 15. The van der Waals surface area contributed by atoms with Crippen molar-refractivity contribution in [2.45, 2.75) is 187 Å². The summed E-state index contributed by atoms with van der Waals surface area (Å²) in [5, 5.41) is 26.8. The summed E-state index contributed by atoms with van der Waals surface area (Å²) in [7, 11) is 3.87. The molecular formula is C42H73N3O15. The lowest BCUT2D eigenvalue weighted by atomic mass is 9.82. The van der Waals surface area contributed by atoms with Crippen molar-refractivity contribution in [3.63, 3.8) is 0 Å². The zero-order chi connectivity index (χ0) is 46.0. The van der Waals surface area contributed by atoms with E-state index in [1.54, 1.807) is 62.3 Å². The first-order chi connectivity index (χ1) is 27.7. The summed E-state index contributed by atoms with van der Waals surface area (Å²) in [6.07, 6.45) is 4.75. The molecule has 18 nitrogen and oxygen atoms in total. The van der Waals surface area contributed by atoms with Crippen molar-refractivity contribution in [2.24, 2.45) is 17.8 Å². The summed E-state index contributed by atoms with van der Waals surface area (Å²) in [6.45, 7) is 15.8. The normalized spacial score (nSPS) is 22.5. The van der Waals surface area contributed by atoms with Gasteiger partial charge in [-0.25, -0.2) is 28.8 Å². The second-order valence-electron chi connectivity index (χ2n) is 18.5. The van der Waals surface area contributed by atoms with E-state index in [-0.39, 0.29) is 35.7 Å². The summed E-state index contributed by atoms with van der Waals surface area (Å²) in [4.78, 5) is 82.1. The average Bonchev–Trinajstić information content (AvgIpc) is 3.14. The molecule has 18 heteroatoms. The van der Waals surface area contributed by atoms with Crippen LogP contribution >= 0.6 is 0 Å². The van der Waals surface area contributed by atoms with E-state index in [4.69, 9.17) is 28.4 Å². The summed E-state index contributed by atoms with van der Waals surface area (Å²) in [5.74, 6) is -1.41. The molecule has 0 spiro atoms. The Bertz CT molecular complexity index is 1320. The number of carbonyl (C=O) groups excluding carboxylic acids is 7. The quantitative estimate of drug-likeness (QED) is 0.151. The van der Waals surface area contributed by atoms with Gasteiger partial charge in [-0.3, -0.25) is 4.79 Å². The van der Waals surface area contributed by atoms with Crippen molar-refractivity contribution in [1.29, 1.82) is 0 Å². The number of esters is 3. The Morgan fingerprint density at radius 1 is 0.467 bits per heavy atom. The molecule has 3 fully saturated rings. The monoisotopic (exact) mass is 860 g/mol. The smallest absolute Gasteiger partial charge is 0.408 e. The van der Waals surface area contributed by atoms with Crippen LogP contribution in [0.2, 0.25) is 0 Å². The maximum atomic E-state index is 11.8. The van der Waals surface area contributed by atoms with Crippen molar-refractivity contribution >= 4 is 42.0 Å². The molecule has 0 radical (unpaired) electrons. The number of carbonyl (C=O) groups is 7. The van der Waals surface area contributed by atoms with Crippen LogP contribution in [-0.4, -0.2) is 121 Å². The molecule has 0 bridgehead atoms. The highest BCUT2D eigenvalue weighted by molar-refractivity contribution is 5.84. The van der Waals surface area contributed by atoms with E-state index in [9.17, 15) is 43.8 Å². The second-order valence-corrected chi connectivity index (χ2v) is 18.5. The molecule has 0 aromatic rings. The summed E-state index contributed by atoms with van der Waals surface area (Å²) in [6, 6.07) is -2.20. The van der Waals surface area contributed by atoms with Crippen LogP contribution in [0, 0.1) is 17.8 Å². The van der Waals surface area contributed by atoms with E-state index in [0.29, 0.717) is 77.0 Å². The fourth-order valence-electron chi connectivity index (χ4n) is 6.96. The Kier molecular flexibility index (Phi) is 22.4. The van der Waals surface area contributed by atoms with E-state index in [2.05, 4.69) is 16.0 Å². The maximum Gasteiger partial charge on any atom is 0.408 e. The van der Waals surface area contributed by atoms with Crippen LogP contribution in [0.1, 0.15) is 139 Å². The molecule has 5 N–H and O–H groups in total. The van der Waals surface area contributed by atoms with Crippen LogP contribution in [0.15, 0.2) is 0 Å². The number of aliphatic hydroxyl groups excluding tert-OH is 2. The van der Waals surface area contributed by atoms with Crippen molar-refractivity contribution in [3.8, 4) is 0 Å².